The second-order valence-electron chi connectivity index (χ2n) is 14.3. The Bertz CT molecular complexity index is 3470. The minimum absolute atomic E-state index is 0.629. The minimum atomic E-state index is 0.629. The van der Waals surface area contributed by atoms with Crippen molar-refractivity contribution in [2.75, 3.05) is 0 Å². The summed E-state index contributed by atoms with van der Waals surface area (Å²) >= 11 is 1.81. The van der Waals surface area contributed by atoms with E-state index in [1.165, 1.54) is 25.6 Å². The molecule has 12 aromatic rings. The van der Waals surface area contributed by atoms with Crippen LogP contribution in [-0.4, -0.2) is 29.1 Å². The summed E-state index contributed by atoms with van der Waals surface area (Å²) in [6.45, 7) is 0. The summed E-state index contributed by atoms with van der Waals surface area (Å²) < 4.78 is 7.15. The SMILES string of the molecule is c1ccc(-c2nc(-c3ccc4sc5ccccc5c4c3)nc(-c3ccc4c(c3)c3ccc(-n5c6ccccc6c6cccnc65)cc3n4-c3ccccc3)n2)cc1. The Morgan fingerprint density at radius 2 is 0.965 bits per heavy atom. The van der Waals surface area contributed by atoms with Gasteiger partial charge in [-0.05, 0) is 84.9 Å². The fourth-order valence-electron chi connectivity index (χ4n) is 8.42. The molecule has 0 aliphatic heterocycles. The molecule has 7 heteroatoms. The second-order valence-corrected chi connectivity index (χ2v) is 15.4. The standard InChI is InChI=1S/C50H30N6S/c1-3-12-31(13-4-1)47-52-48(54-49(53-47)33-22-26-46-41(29-33)38-17-8-10-20-45(38)57-46)32-21-25-43-40(28-32)37-24-23-35(30-44(37)55(43)34-14-5-2-6-15-34)56-42-19-9-7-16-36(42)39-18-11-27-51-50(39)56/h1-30H. The maximum absolute atomic E-state index is 5.19. The maximum Gasteiger partial charge on any atom is 0.164 e. The van der Waals surface area contributed by atoms with Gasteiger partial charge in [0.2, 0.25) is 0 Å². The Hall–Kier alpha value is -7.48. The van der Waals surface area contributed by atoms with Gasteiger partial charge in [-0.3, -0.25) is 4.57 Å². The Kier molecular flexibility index (Phi) is 7.00. The van der Waals surface area contributed by atoms with E-state index < -0.39 is 0 Å². The molecule has 0 aliphatic carbocycles. The molecule has 5 aromatic heterocycles. The highest BCUT2D eigenvalue weighted by Crippen LogP contribution is 2.39. The number of nitrogens with zero attached hydrogens (tertiary/aromatic N) is 6. The summed E-state index contributed by atoms with van der Waals surface area (Å²) in [5, 5.41) is 7.03. The lowest BCUT2D eigenvalue weighted by Gasteiger charge is -2.11. The summed E-state index contributed by atoms with van der Waals surface area (Å²) in [6.07, 6.45) is 1.87. The van der Waals surface area contributed by atoms with Crippen LogP contribution in [0.3, 0.4) is 0 Å². The van der Waals surface area contributed by atoms with Crippen LogP contribution in [0.4, 0.5) is 0 Å². The van der Waals surface area contributed by atoms with E-state index in [4.69, 9.17) is 19.9 Å². The van der Waals surface area contributed by atoms with Crippen molar-refractivity contribution in [2.45, 2.75) is 0 Å². The van der Waals surface area contributed by atoms with Crippen molar-refractivity contribution in [1.82, 2.24) is 29.1 Å². The number of pyridine rings is 1. The van der Waals surface area contributed by atoms with Crippen LogP contribution in [0.25, 0.3) is 109 Å². The number of hydrogen-bond acceptors (Lipinski definition) is 5. The van der Waals surface area contributed by atoms with E-state index in [0.717, 1.165) is 66.4 Å². The van der Waals surface area contributed by atoms with E-state index in [9.17, 15) is 0 Å². The molecule has 12 rings (SSSR count). The molecule has 5 heterocycles. The van der Waals surface area contributed by atoms with Crippen LogP contribution in [-0.2, 0) is 0 Å². The first-order valence-electron chi connectivity index (χ1n) is 19.0. The number of benzene rings is 7. The molecule has 0 N–H and O–H groups in total. The van der Waals surface area contributed by atoms with E-state index in [0.29, 0.717) is 17.5 Å². The predicted molar refractivity (Wildman–Crippen MR) is 235 cm³/mol. The number of hydrogen-bond donors (Lipinski definition) is 0. The monoisotopic (exact) mass is 746 g/mol. The highest BCUT2D eigenvalue weighted by atomic mass is 32.1. The average molecular weight is 747 g/mol. The third-order valence-electron chi connectivity index (χ3n) is 11.0. The molecular formula is C50H30N6S. The van der Waals surface area contributed by atoms with Crippen LogP contribution in [0.2, 0.25) is 0 Å². The van der Waals surface area contributed by atoms with Crippen LogP contribution < -0.4 is 0 Å². The van der Waals surface area contributed by atoms with Gasteiger partial charge in [-0.2, -0.15) is 0 Å². The molecule has 0 saturated heterocycles. The maximum atomic E-state index is 5.19. The van der Waals surface area contributed by atoms with Crippen LogP contribution in [0.15, 0.2) is 182 Å². The predicted octanol–water partition coefficient (Wildman–Crippen LogP) is 12.8. The molecule has 7 aromatic carbocycles. The topological polar surface area (TPSA) is 61.4 Å². The van der Waals surface area contributed by atoms with Crippen molar-refractivity contribution >= 4 is 75.3 Å². The molecule has 0 bridgehead atoms. The van der Waals surface area contributed by atoms with Gasteiger partial charge in [0.25, 0.3) is 0 Å². The van der Waals surface area contributed by atoms with Gasteiger partial charge >= 0.3 is 0 Å². The third kappa shape index (κ3) is 5.03. The van der Waals surface area contributed by atoms with Crippen LogP contribution in [0, 0.1) is 0 Å². The van der Waals surface area contributed by atoms with Gasteiger partial charge in [0, 0.05) is 76.0 Å². The summed E-state index contributed by atoms with van der Waals surface area (Å²) in [5.74, 6) is 1.92. The first kappa shape index (κ1) is 31.8. The van der Waals surface area contributed by atoms with Crippen molar-refractivity contribution in [2.24, 2.45) is 0 Å². The van der Waals surface area contributed by atoms with Gasteiger partial charge in [-0.1, -0.05) is 91.0 Å². The zero-order valence-corrected chi connectivity index (χ0v) is 31.2. The lowest BCUT2D eigenvalue weighted by molar-refractivity contribution is 1.07. The van der Waals surface area contributed by atoms with Gasteiger partial charge in [-0.15, -0.1) is 11.3 Å². The van der Waals surface area contributed by atoms with Crippen LogP contribution >= 0.6 is 11.3 Å². The van der Waals surface area contributed by atoms with Gasteiger partial charge in [0.1, 0.15) is 5.65 Å². The molecule has 0 atom stereocenters. The van der Waals surface area contributed by atoms with Crippen molar-refractivity contribution in [3.63, 3.8) is 0 Å². The molecule has 57 heavy (non-hydrogen) atoms. The highest BCUT2D eigenvalue weighted by Gasteiger charge is 2.19. The molecule has 0 fully saturated rings. The number of para-hydroxylation sites is 2. The molecule has 6 nitrogen and oxygen atoms in total. The van der Waals surface area contributed by atoms with E-state index in [2.05, 4.69) is 161 Å². The summed E-state index contributed by atoms with van der Waals surface area (Å²) in [5.41, 5.74) is 9.24. The number of aromatic nitrogens is 6. The molecule has 0 spiro atoms. The van der Waals surface area contributed by atoms with E-state index >= 15 is 0 Å². The zero-order valence-electron chi connectivity index (χ0n) is 30.4. The number of rotatable bonds is 5. The van der Waals surface area contributed by atoms with E-state index in [1.807, 2.05) is 41.8 Å². The van der Waals surface area contributed by atoms with Crippen LogP contribution in [0.1, 0.15) is 0 Å². The summed E-state index contributed by atoms with van der Waals surface area (Å²) in [7, 11) is 0. The van der Waals surface area contributed by atoms with Crippen molar-refractivity contribution in [3.05, 3.63) is 182 Å². The second kappa shape index (κ2) is 12.5. The zero-order chi connectivity index (χ0) is 37.5. The quantitative estimate of drug-likeness (QED) is 0.176. The van der Waals surface area contributed by atoms with Crippen molar-refractivity contribution < 1.29 is 0 Å². The largest absolute Gasteiger partial charge is 0.309 e. The fraction of sp³-hybridized carbons (Fsp3) is 0. The van der Waals surface area contributed by atoms with Gasteiger partial charge in [-0.25, -0.2) is 19.9 Å². The molecule has 266 valence electrons. The highest BCUT2D eigenvalue weighted by molar-refractivity contribution is 7.25. The third-order valence-corrected chi connectivity index (χ3v) is 12.2. The summed E-state index contributed by atoms with van der Waals surface area (Å²) in [6, 6.07) is 61.9. The first-order chi connectivity index (χ1) is 28.2. The molecule has 0 radical (unpaired) electrons. The Morgan fingerprint density at radius 1 is 0.351 bits per heavy atom. The lowest BCUT2D eigenvalue weighted by Crippen LogP contribution is -2.00. The Labute approximate surface area is 330 Å². The van der Waals surface area contributed by atoms with Crippen molar-refractivity contribution in [3.8, 4) is 45.5 Å². The Balaban J connectivity index is 1.07. The summed E-state index contributed by atoms with van der Waals surface area (Å²) in [4.78, 5) is 20.3. The molecular weight excluding hydrogens is 717 g/mol. The minimum Gasteiger partial charge on any atom is -0.309 e. The smallest absolute Gasteiger partial charge is 0.164 e. The number of thiophene rings is 1. The van der Waals surface area contributed by atoms with E-state index in [1.54, 1.807) is 0 Å². The molecule has 0 saturated carbocycles. The molecule has 0 aliphatic rings. The van der Waals surface area contributed by atoms with Gasteiger partial charge in [0.15, 0.2) is 17.5 Å². The van der Waals surface area contributed by atoms with E-state index in [-0.39, 0.29) is 0 Å². The molecule has 0 unspecified atom stereocenters. The Morgan fingerprint density at radius 3 is 1.79 bits per heavy atom. The van der Waals surface area contributed by atoms with Crippen LogP contribution in [0.5, 0.6) is 0 Å². The normalized spacial score (nSPS) is 11.9. The van der Waals surface area contributed by atoms with Crippen molar-refractivity contribution in [1.29, 1.82) is 0 Å². The van der Waals surface area contributed by atoms with Gasteiger partial charge in [0.05, 0.1) is 16.6 Å². The number of fused-ring (bicyclic) bond motifs is 9. The average Bonchev–Trinajstić information content (AvgIpc) is 3.93. The first-order valence-corrected chi connectivity index (χ1v) is 19.8. The lowest BCUT2D eigenvalue weighted by atomic mass is 10.1. The fourth-order valence-corrected chi connectivity index (χ4v) is 9.50. The molecule has 0 amide bonds. The van der Waals surface area contributed by atoms with Gasteiger partial charge < -0.3 is 4.57 Å².